The highest BCUT2D eigenvalue weighted by Crippen LogP contribution is 2.34. The number of nitrogens with one attached hydrogen (secondary N) is 2. The van der Waals surface area contributed by atoms with Gasteiger partial charge in [0.15, 0.2) is 0 Å². The molecule has 11 heteroatoms. The Morgan fingerprint density at radius 1 is 1.00 bits per heavy atom. The molecule has 45 heavy (non-hydrogen) atoms. The SMILES string of the molecule is Cc1cccc(C)c1-c1cc2nc(n1)NS(=O)(=O)c1cccc(c1)C(=O)N(C1CC(NC3CCOCC3)C1)[C@H](CC(C)C)CO2. The molecule has 240 valence electrons. The van der Waals surface area contributed by atoms with Gasteiger partial charge in [0.05, 0.1) is 16.6 Å². The second-order valence-corrected chi connectivity index (χ2v) is 14.7. The Kier molecular flexibility index (Phi) is 9.12. The fourth-order valence-corrected chi connectivity index (χ4v) is 7.77. The molecule has 3 heterocycles. The van der Waals surface area contributed by atoms with E-state index < -0.39 is 10.0 Å². The summed E-state index contributed by atoms with van der Waals surface area (Å²) in [4.78, 5) is 25.4. The summed E-state index contributed by atoms with van der Waals surface area (Å²) < 4.78 is 41.7. The molecule has 3 aliphatic rings. The van der Waals surface area contributed by atoms with Crippen molar-refractivity contribution in [1.29, 1.82) is 0 Å². The molecule has 0 radical (unpaired) electrons. The van der Waals surface area contributed by atoms with Crippen molar-refractivity contribution < 1.29 is 22.7 Å². The van der Waals surface area contributed by atoms with Crippen LogP contribution >= 0.6 is 0 Å². The fraction of sp³-hybridized carbons (Fsp3) is 0.500. The largest absolute Gasteiger partial charge is 0.475 e. The topological polar surface area (TPSA) is 123 Å². The monoisotopic (exact) mass is 633 g/mol. The van der Waals surface area contributed by atoms with Crippen LogP contribution in [0, 0.1) is 19.8 Å². The third-order valence-corrected chi connectivity index (χ3v) is 10.4. The number of ether oxygens (including phenoxy) is 2. The summed E-state index contributed by atoms with van der Waals surface area (Å²) >= 11 is 0. The van der Waals surface area contributed by atoms with Gasteiger partial charge in [-0.2, -0.15) is 4.98 Å². The fourth-order valence-electron chi connectivity index (χ4n) is 6.78. The van der Waals surface area contributed by atoms with Gasteiger partial charge < -0.3 is 19.7 Å². The zero-order valence-electron chi connectivity index (χ0n) is 26.5. The quantitative estimate of drug-likeness (QED) is 0.384. The van der Waals surface area contributed by atoms with E-state index in [1.807, 2.05) is 36.9 Å². The van der Waals surface area contributed by atoms with Gasteiger partial charge in [0, 0.05) is 48.5 Å². The molecule has 1 amide bonds. The summed E-state index contributed by atoms with van der Waals surface area (Å²) in [6.45, 7) is 10.0. The van der Waals surface area contributed by atoms with Gasteiger partial charge in [-0.1, -0.05) is 38.1 Å². The van der Waals surface area contributed by atoms with Crippen LogP contribution in [0.1, 0.15) is 67.4 Å². The van der Waals surface area contributed by atoms with Crippen molar-refractivity contribution in [1.82, 2.24) is 20.2 Å². The number of benzene rings is 2. The number of fused-ring (bicyclic) bond motifs is 4. The second-order valence-electron chi connectivity index (χ2n) is 13.0. The number of carbonyl (C=O) groups excluding carboxylic acids is 1. The Balaban J connectivity index is 1.38. The summed E-state index contributed by atoms with van der Waals surface area (Å²) in [5.41, 5.74) is 3.79. The molecule has 1 aliphatic carbocycles. The van der Waals surface area contributed by atoms with E-state index in [9.17, 15) is 13.2 Å². The summed E-state index contributed by atoms with van der Waals surface area (Å²) in [5.74, 6) is 0.268. The molecule has 0 unspecified atom stereocenters. The highest BCUT2D eigenvalue weighted by molar-refractivity contribution is 7.92. The Hall–Kier alpha value is -3.54. The Bertz CT molecular complexity index is 1630. The first-order chi connectivity index (χ1) is 21.6. The van der Waals surface area contributed by atoms with Crippen molar-refractivity contribution in [3.63, 3.8) is 0 Å². The van der Waals surface area contributed by atoms with Crippen LogP contribution in [0.25, 0.3) is 11.3 Å². The Morgan fingerprint density at radius 3 is 2.42 bits per heavy atom. The van der Waals surface area contributed by atoms with E-state index in [1.165, 1.54) is 12.1 Å². The number of aryl methyl sites for hydroxylation is 2. The summed E-state index contributed by atoms with van der Waals surface area (Å²) in [6.07, 6.45) is 4.36. The van der Waals surface area contributed by atoms with Crippen LogP contribution in [-0.2, 0) is 14.8 Å². The molecule has 0 spiro atoms. The molecule has 1 saturated carbocycles. The molecule has 6 rings (SSSR count). The van der Waals surface area contributed by atoms with Crippen molar-refractivity contribution in [2.24, 2.45) is 5.92 Å². The molecule has 1 aromatic heterocycles. The van der Waals surface area contributed by atoms with E-state index in [0.717, 1.165) is 62.0 Å². The summed E-state index contributed by atoms with van der Waals surface area (Å²) in [7, 11) is -4.11. The number of nitrogens with zero attached hydrogens (tertiary/aromatic N) is 3. The predicted molar refractivity (Wildman–Crippen MR) is 173 cm³/mol. The van der Waals surface area contributed by atoms with Crippen LogP contribution in [0.15, 0.2) is 53.4 Å². The summed E-state index contributed by atoms with van der Waals surface area (Å²) in [6, 6.07) is 14.5. The van der Waals surface area contributed by atoms with Gasteiger partial charge in [0.1, 0.15) is 6.61 Å². The van der Waals surface area contributed by atoms with E-state index in [-0.39, 0.29) is 41.3 Å². The zero-order valence-corrected chi connectivity index (χ0v) is 27.3. The number of sulfonamides is 1. The number of hydrogen-bond donors (Lipinski definition) is 2. The van der Waals surface area contributed by atoms with Crippen LogP contribution in [0.2, 0.25) is 0 Å². The van der Waals surface area contributed by atoms with E-state index in [4.69, 9.17) is 9.47 Å². The van der Waals surface area contributed by atoms with Crippen LogP contribution < -0.4 is 14.8 Å². The normalized spacial score (nSPS) is 23.6. The van der Waals surface area contributed by atoms with Crippen molar-refractivity contribution in [3.05, 3.63) is 65.2 Å². The van der Waals surface area contributed by atoms with Crippen molar-refractivity contribution in [2.45, 2.75) is 88.9 Å². The lowest BCUT2D eigenvalue weighted by Crippen LogP contribution is -2.60. The van der Waals surface area contributed by atoms with Crippen LogP contribution in [0.3, 0.4) is 0 Å². The maximum absolute atomic E-state index is 14.3. The lowest BCUT2D eigenvalue weighted by Gasteiger charge is -2.48. The molecule has 3 aromatic rings. The summed E-state index contributed by atoms with van der Waals surface area (Å²) in [5, 5.41) is 3.77. The van der Waals surface area contributed by atoms with Crippen molar-refractivity contribution in [3.8, 4) is 17.1 Å². The first-order valence-corrected chi connectivity index (χ1v) is 17.4. The number of amides is 1. The minimum absolute atomic E-state index is 0.00292. The molecule has 1 saturated heterocycles. The van der Waals surface area contributed by atoms with Crippen molar-refractivity contribution in [2.75, 3.05) is 24.5 Å². The van der Waals surface area contributed by atoms with Crippen LogP contribution in [0.5, 0.6) is 5.88 Å². The molecule has 2 aromatic carbocycles. The number of carbonyl (C=O) groups is 1. The maximum Gasteiger partial charge on any atom is 0.264 e. The highest BCUT2D eigenvalue weighted by Gasteiger charge is 2.41. The average Bonchev–Trinajstić information content (AvgIpc) is 2.98. The van der Waals surface area contributed by atoms with Gasteiger partial charge >= 0.3 is 0 Å². The first kappa shape index (κ1) is 31.4. The number of anilines is 1. The van der Waals surface area contributed by atoms with Crippen LogP contribution in [0.4, 0.5) is 5.95 Å². The highest BCUT2D eigenvalue weighted by atomic mass is 32.2. The Labute approximate surface area is 266 Å². The minimum atomic E-state index is -4.11. The van der Waals surface area contributed by atoms with Crippen molar-refractivity contribution >= 4 is 21.9 Å². The van der Waals surface area contributed by atoms with E-state index in [1.54, 1.807) is 18.2 Å². The standard InChI is InChI=1S/C34H43N5O5S/c1-21(2)15-28-20-44-31-19-30(32-22(3)7-5-8-23(32)4)36-34(37-31)38-45(41,42)29-10-6-9-24(16-29)33(40)39(28)27-17-26(18-27)35-25-11-13-43-14-12-25/h5-10,16,19,21,25-28,35H,11-15,17-18,20H2,1-4H3,(H,36,37,38)/t26?,27?,28-/m1/s1. The molecular weight excluding hydrogens is 590 g/mol. The molecule has 2 aliphatic heterocycles. The zero-order chi connectivity index (χ0) is 31.7. The van der Waals surface area contributed by atoms with Gasteiger partial charge in [-0.15, -0.1) is 0 Å². The van der Waals surface area contributed by atoms with Gasteiger partial charge in [0.2, 0.25) is 11.8 Å². The third-order valence-electron chi connectivity index (χ3n) is 9.05. The first-order valence-electron chi connectivity index (χ1n) is 15.9. The second kappa shape index (κ2) is 13.1. The van der Waals surface area contributed by atoms with E-state index in [2.05, 4.69) is 33.9 Å². The van der Waals surface area contributed by atoms with Crippen LogP contribution in [-0.4, -0.2) is 73.2 Å². The molecule has 2 N–H and O–H groups in total. The number of aromatic nitrogens is 2. The average molecular weight is 634 g/mol. The Morgan fingerprint density at radius 2 is 1.71 bits per heavy atom. The van der Waals surface area contributed by atoms with Gasteiger partial charge in [-0.05, 0) is 81.2 Å². The lowest BCUT2D eigenvalue weighted by molar-refractivity contribution is 0.0156. The smallest absolute Gasteiger partial charge is 0.264 e. The molecular formula is C34H43N5O5S. The number of rotatable bonds is 6. The molecule has 10 nitrogen and oxygen atoms in total. The third kappa shape index (κ3) is 7.00. The number of hydrogen-bond acceptors (Lipinski definition) is 8. The molecule has 1 atom stereocenters. The van der Waals surface area contributed by atoms with E-state index >= 15 is 0 Å². The molecule has 2 fully saturated rings. The van der Waals surface area contributed by atoms with Gasteiger partial charge in [-0.25, -0.2) is 18.1 Å². The maximum atomic E-state index is 14.3. The minimum Gasteiger partial charge on any atom is -0.475 e. The van der Waals surface area contributed by atoms with Gasteiger partial charge in [0.25, 0.3) is 15.9 Å². The predicted octanol–water partition coefficient (Wildman–Crippen LogP) is 5.11. The van der Waals surface area contributed by atoms with E-state index in [0.29, 0.717) is 29.3 Å². The molecule has 4 bridgehead atoms. The lowest BCUT2D eigenvalue weighted by atomic mass is 9.82. The van der Waals surface area contributed by atoms with Gasteiger partial charge in [-0.3, -0.25) is 4.79 Å².